The highest BCUT2D eigenvalue weighted by atomic mass is 35.5. The molecule has 0 radical (unpaired) electrons. The normalized spacial score (nSPS) is 11.4. The highest BCUT2D eigenvalue weighted by Crippen LogP contribution is 2.26. The van der Waals surface area contributed by atoms with Crippen molar-refractivity contribution in [2.45, 2.75) is 26.4 Å². The predicted octanol–water partition coefficient (Wildman–Crippen LogP) is 3.76. The SMILES string of the molecule is CCc1ccc(OCC(=O)OC(C)C(=O)Nc2cc([N+](=O)[O-])ccc2Cl)cc1. The summed E-state index contributed by atoms with van der Waals surface area (Å²) in [6.07, 6.45) is -0.252. The number of carbonyl (C=O) groups excluding carboxylic acids is 2. The van der Waals surface area contributed by atoms with Crippen LogP contribution in [0.25, 0.3) is 0 Å². The number of non-ortho nitro benzene ring substituents is 1. The van der Waals surface area contributed by atoms with E-state index >= 15 is 0 Å². The fraction of sp³-hybridized carbons (Fsp3) is 0.263. The summed E-state index contributed by atoms with van der Waals surface area (Å²) in [5.74, 6) is -0.898. The minimum atomic E-state index is -1.14. The molecule has 1 N–H and O–H groups in total. The summed E-state index contributed by atoms with van der Waals surface area (Å²) < 4.78 is 10.3. The molecule has 0 aliphatic carbocycles. The van der Waals surface area contributed by atoms with Crippen LogP contribution < -0.4 is 10.1 Å². The first-order valence-corrected chi connectivity index (χ1v) is 8.84. The third-order valence-electron chi connectivity index (χ3n) is 3.78. The summed E-state index contributed by atoms with van der Waals surface area (Å²) in [7, 11) is 0. The number of amides is 1. The summed E-state index contributed by atoms with van der Waals surface area (Å²) >= 11 is 5.93. The number of ether oxygens (including phenoxy) is 2. The molecule has 0 aliphatic heterocycles. The quantitative estimate of drug-likeness (QED) is 0.406. The van der Waals surface area contributed by atoms with Gasteiger partial charge in [0.2, 0.25) is 0 Å². The molecule has 0 aliphatic rings. The van der Waals surface area contributed by atoms with Gasteiger partial charge in [-0.05, 0) is 37.1 Å². The molecule has 0 saturated carbocycles. The Morgan fingerprint density at radius 3 is 2.50 bits per heavy atom. The van der Waals surface area contributed by atoms with Gasteiger partial charge in [-0.1, -0.05) is 30.7 Å². The van der Waals surface area contributed by atoms with Crippen molar-refractivity contribution < 1.29 is 24.0 Å². The van der Waals surface area contributed by atoms with E-state index in [4.69, 9.17) is 21.1 Å². The van der Waals surface area contributed by atoms with Gasteiger partial charge in [0, 0.05) is 12.1 Å². The lowest BCUT2D eigenvalue weighted by atomic mass is 10.2. The van der Waals surface area contributed by atoms with E-state index in [2.05, 4.69) is 5.32 Å². The highest BCUT2D eigenvalue weighted by molar-refractivity contribution is 6.33. The van der Waals surface area contributed by atoms with Crippen LogP contribution in [0.15, 0.2) is 42.5 Å². The van der Waals surface area contributed by atoms with E-state index in [0.717, 1.165) is 18.1 Å². The maximum Gasteiger partial charge on any atom is 0.344 e. The summed E-state index contributed by atoms with van der Waals surface area (Å²) in [5, 5.41) is 13.3. The van der Waals surface area contributed by atoms with E-state index in [-0.39, 0.29) is 23.0 Å². The second-order valence-electron chi connectivity index (χ2n) is 5.83. The van der Waals surface area contributed by atoms with Gasteiger partial charge < -0.3 is 14.8 Å². The Hall–Kier alpha value is -3.13. The molecule has 9 heteroatoms. The number of aryl methyl sites for hydroxylation is 1. The minimum Gasteiger partial charge on any atom is -0.482 e. The Balaban J connectivity index is 1.88. The molecule has 0 bridgehead atoms. The Labute approximate surface area is 166 Å². The first kappa shape index (κ1) is 21.2. The first-order chi connectivity index (χ1) is 13.3. The van der Waals surface area contributed by atoms with Crippen molar-refractivity contribution in [3.8, 4) is 5.75 Å². The van der Waals surface area contributed by atoms with Crippen molar-refractivity contribution in [3.05, 3.63) is 63.2 Å². The van der Waals surface area contributed by atoms with Crippen molar-refractivity contribution in [3.63, 3.8) is 0 Å². The van der Waals surface area contributed by atoms with Gasteiger partial charge in [0.15, 0.2) is 12.7 Å². The number of hydrogen-bond acceptors (Lipinski definition) is 6. The number of carbonyl (C=O) groups is 2. The van der Waals surface area contributed by atoms with Crippen molar-refractivity contribution in [1.82, 2.24) is 0 Å². The number of rotatable bonds is 8. The van der Waals surface area contributed by atoms with Crippen LogP contribution in [0.4, 0.5) is 11.4 Å². The third kappa shape index (κ3) is 5.95. The van der Waals surface area contributed by atoms with Crippen LogP contribution in [0.5, 0.6) is 5.75 Å². The number of nitrogens with one attached hydrogen (secondary N) is 1. The van der Waals surface area contributed by atoms with Crippen LogP contribution in [0.2, 0.25) is 5.02 Å². The number of benzene rings is 2. The van der Waals surface area contributed by atoms with E-state index in [1.807, 2.05) is 19.1 Å². The monoisotopic (exact) mass is 406 g/mol. The Kier molecular flexibility index (Phi) is 7.34. The van der Waals surface area contributed by atoms with E-state index in [9.17, 15) is 19.7 Å². The fourth-order valence-corrected chi connectivity index (χ4v) is 2.37. The molecule has 1 atom stereocenters. The molecule has 1 unspecified atom stereocenters. The number of hydrogen-bond donors (Lipinski definition) is 1. The topological polar surface area (TPSA) is 108 Å². The van der Waals surface area contributed by atoms with Crippen molar-refractivity contribution >= 4 is 34.9 Å². The smallest absolute Gasteiger partial charge is 0.344 e. The molecule has 0 spiro atoms. The van der Waals surface area contributed by atoms with Crippen LogP contribution in [-0.2, 0) is 20.7 Å². The minimum absolute atomic E-state index is 0.0519. The number of nitro groups is 1. The van der Waals surface area contributed by atoms with Crippen molar-refractivity contribution in [2.24, 2.45) is 0 Å². The Bertz CT molecular complexity index is 869. The van der Waals surface area contributed by atoms with Crippen molar-refractivity contribution in [2.75, 3.05) is 11.9 Å². The van der Waals surface area contributed by atoms with Crippen LogP contribution in [0.3, 0.4) is 0 Å². The molecular weight excluding hydrogens is 388 g/mol. The lowest BCUT2D eigenvalue weighted by molar-refractivity contribution is -0.384. The number of nitrogens with zero attached hydrogens (tertiary/aromatic N) is 1. The summed E-state index contributed by atoms with van der Waals surface area (Å²) in [6.45, 7) is 3.04. The van der Waals surface area contributed by atoms with Gasteiger partial charge in [-0.2, -0.15) is 0 Å². The standard InChI is InChI=1S/C19H19ClN2O6/c1-3-13-4-7-15(8-5-13)27-11-18(23)28-12(2)19(24)21-17-10-14(22(25)26)6-9-16(17)20/h4-10,12H,3,11H2,1-2H3,(H,21,24). The summed E-state index contributed by atoms with van der Waals surface area (Å²) in [6, 6.07) is 10.9. The zero-order valence-electron chi connectivity index (χ0n) is 15.3. The summed E-state index contributed by atoms with van der Waals surface area (Å²) in [5.41, 5.74) is 0.961. The maximum absolute atomic E-state index is 12.2. The van der Waals surface area contributed by atoms with Gasteiger partial charge in [0.05, 0.1) is 15.6 Å². The van der Waals surface area contributed by atoms with Gasteiger partial charge in [0.25, 0.3) is 11.6 Å². The zero-order chi connectivity index (χ0) is 20.7. The van der Waals surface area contributed by atoms with Crippen LogP contribution >= 0.6 is 11.6 Å². The largest absolute Gasteiger partial charge is 0.482 e. The molecule has 0 aromatic heterocycles. The summed E-state index contributed by atoms with van der Waals surface area (Å²) in [4.78, 5) is 34.3. The lowest BCUT2D eigenvalue weighted by Crippen LogP contribution is -2.31. The van der Waals surface area contributed by atoms with E-state index in [1.54, 1.807) is 12.1 Å². The molecule has 148 valence electrons. The number of esters is 1. The lowest BCUT2D eigenvalue weighted by Gasteiger charge is -2.14. The van der Waals surface area contributed by atoms with Gasteiger partial charge in [-0.25, -0.2) is 4.79 Å². The van der Waals surface area contributed by atoms with Gasteiger partial charge in [-0.3, -0.25) is 14.9 Å². The molecule has 0 saturated heterocycles. The molecule has 2 aromatic rings. The van der Waals surface area contributed by atoms with Crippen molar-refractivity contribution in [1.29, 1.82) is 0 Å². The second kappa shape index (κ2) is 9.70. The van der Waals surface area contributed by atoms with Crippen LogP contribution in [0, 0.1) is 10.1 Å². The van der Waals surface area contributed by atoms with Gasteiger partial charge >= 0.3 is 5.97 Å². The fourth-order valence-electron chi connectivity index (χ4n) is 2.21. The first-order valence-electron chi connectivity index (χ1n) is 8.46. The van der Waals surface area contributed by atoms with E-state index in [0.29, 0.717) is 5.75 Å². The predicted molar refractivity (Wildman–Crippen MR) is 104 cm³/mol. The van der Waals surface area contributed by atoms with Gasteiger partial charge in [-0.15, -0.1) is 0 Å². The molecule has 0 heterocycles. The Morgan fingerprint density at radius 2 is 1.89 bits per heavy atom. The zero-order valence-corrected chi connectivity index (χ0v) is 16.1. The molecule has 28 heavy (non-hydrogen) atoms. The maximum atomic E-state index is 12.2. The number of anilines is 1. The third-order valence-corrected chi connectivity index (χ3v) is 4.11. The van der Waals surface area contributed by atoms with Crippen LogP contribution in [0.1, 0.15) is 19.4 Å². The second-order valence-corrected chi connectivity index (χ2v) is 6.24. The number of halogens is 1. The van der Waals surface area contributed by atoms with Gasteiger partial charge in [0.1, 0.15) is 5.75 Å². The van der Waals surface area contributed by atoms with Crippen LogP contribution in [-0.4, -0.2) is 29.5 Å². The van der Waals surface area contributed by atoms with E-state index < -0.39 is 22.9 Å². The molecule has 8 nitrogen and oxygen atoms in total. The molecule has 2 aromatic carbocycles. The number of nitro benzene ring substituents is 1. The Morgan fingerprint density at radius 1 is 1.21 bits per heavy atom. The molecule has 0 fully saturated rings. The average molecular weight is 407 g/mol. The molecule has 1 amide bonds. The highest BCUT2D eigenvalue weighted by Gasteiger charge is 2.20. The molecular formula is C19H19ClN2O6. The van der Waals surface area contributed by atoms with E-state index in [1.165, 1.54) is 19.1 Å². The average Bonchev–Trinajstić information content (AvgIpc) is 2.68. The molecule has 2 rings (SSSR count).